The minimum atomic E-state index is 0.555. The summed E-state index contributed by atoms with van der Waals surface area (Å²) in [5.74, 6) is 0. The van der Waals surface area contributed by atoms with Crippen LogP contribution in [0.4, 0.5) is 0 Å². The Bertz CT molecular complexity index is 79.3. The Hall–Kier alpha value is -0.0800. The number of nitrogens with one attached hydrogen (secondary N) is 1. The fraction of sp³-hybridized carbons (Fsp3) is 1.00. The summed E-state index contributed by atoms with van der Waals surface area (Å²) in [7, 11) is 0. The zero-order chi connectivity index (χ0) is 7.23. The van der Waals surface area contributed by atoms with Crippen LogP contribution < -0.4 is 5.32 Å². The Morgan fingerprint density at radius 3 is 3.10 bits per heavy atom. The van der Waals surface area contributed by atoms with Crippen LogP contribution in [0.5, 0.6) is 0 Å². The van der Waals surface area contributed by atoms with Gasteiger partial charge in [-0.1, -0.05) is 6.92 Å². The molecule has 0 aromatic carbocycles. The van der Waals surface area contributed by atoms with E-state index in [1.165, 1.54) is 19.3 Å². The Labute approximate surface area is 63.0 Å². The Kier molecular flexibility index (Phi) is 3.76. The van der Waals surface area contributed by atoms with Gasteiger partial charge in [0.15, 0.2) is 0 Å². The molecule has 1 aliphatic heterocycles. The third kappa shape index (κ3) is 2.67. The number of hydrogen-bond acceptors (Lipinski definition) is 2. The van der Waals surface area contributed by atoms with Gasteiger partial charge >= 0.3 is 0 Å². The summed E-state index contributed by atoms with van der Waals surface area (Å²) in [6.45, 7) is 5.31. The van der Waals surface area contributed by atoms with Gasteiger partial charge in [-0.25, -0.2) is 0 Å². The fourth-order valence-electron chi connectivity index (χ4n) is 1.31. The Morgan fingerprint density at radius 2 is 2.50 bits per heavy atom. The molecule has 0 radical (unpaired) electrons. The lowest BCUT2D eigenvalue weighted by atomic mass is 10.2. The van der Waals surface area contributed by atoms with Gasteiger partial charge in [-0.3, -0.25) is 0 Å². The molecule has 0 bridgehead atoms. The molecular weight excluding hydrogens is 126 g/mol. The summed E-state index contributed by atoms with van der Waals surface area (Å²) in [5.41, 5.74) is 0. The van der Waals surface area contributed by atoms with Gasteiger partial charge in [0.05, 0.1) is 6.10 Å². The lowest BCUT2D eigenvalue weighted by Gasteiger charge is -2.08. The van der Waals surface area contributed by atoms with Crippen LogP contribution in [0.2, 0.25) is 0 Å². The molecule has 0 aromatic rings. The summed E-state index contributed by atoms with van der Waals surface area (Å²) < 4.78 is 5.46. The molecule has 1 N–H and O–H groups in total. The number of rotatable bonds is 4. The minimum Gasteiger partial charge on any atom is -0.378 e. The van der Waals surface area contributed by atoms with Crippen LogP contribution in [-0.4, -0.2) is 25.8 Å². The summed E-state index contributed by atoms with van der Waals surface area (Å²) in [5, 5.41) is 3.30. The molecule has 2 nitrogen and oxygen atoms in total. The lowest BCUT2D eigenvalue weighted by Crippen LogP contribution is -2.19. The third-order valence-electron chi connectivity index (χ3n) is 1.92. The predicted octanol–water partition coefficient (Wildman–Crippen LogP) is 1.16. The molecule has 1 rings (SSSR count). The first-order valence-corrected chi connectivity index (χ1v) is 4.26. The maximum Gasteiger partial charge on any atom is 0.0588 e. The van der Waals surface area contributed by atoms with Gasteiger partial charge in [0.2, 0.25) is 0 Å². The van der Waals surface area contributed by atoms with Gasteiger partial charge in [0, 0.05) is 6.61 Å². The molecule has 1 atom stereocenters. The van der Waals surface area contributed by atoms with Gasteiger partial charge in [0.1, 0.15) is 0 Å². The van der Waals surface area contributed by atoms with Gasteiger partial charge in [-0.05, 0) is 32.4 Å². The van der Waals surface area contributed by atoms with E-state index in [0.29, 0.717) is 6.10 Å². The monoisotopic (exact) mass is 143 g/mol. The van der Waals surface area contributed by atoms with E-state index in [1.807, 2.05) is 0 Å². The summed E-state index contributed by atoms with van der Waals surface area (Å²) in [4.78, 5) is 0. The van der Waals surface area contributed by atoms with E-state index < -0.39 is 0 Å². The van der Waals surface area contributed by atoms with Crippen LogP contribution in [0.1, 0.15) is 26.2 Å². The normalized spacial score (nSPS) is 25.5. The molecule has 0 saturated carbocycles. The quantitative estimate of drug-likeness (QED) is 0.596. The number of hydrogen-bond donors (Lipinski definition) is 1. The zero-order valence-electron chi connectivity index (χ0n) is 6.73. The molecule has 60 valence electrons. The van der Waals surface area contributed by atoms with E-state index >= 15 is 0 Å². The largest absolute Gasteiger partial charge is 0.378 e. The van der Waals surface area contributed by atoms with Crippen LogP contribution in [0.25, 0.3) is 0 Å². The highest BCUT2D eigenvalue weighted by molar-refractivity contribution is 4.65. The van der Waals surface area contributed by atoms with Gasteiger partial charge in [0.25, 0.3) is 0 Å². The van der Waals surface area contributed by atoms with Crippen LogP contribution >= 0.6 is 0 Å². The number of ether oxygens (including phenoxy) is 1. The highest BCUT2D eigenvalue weighted by Crippen LogP contribution is 2.14. The highest BCUT2D eigenvalue weighted by Gasteiger charge is 2.13. The van der Waals surface area contributed by atoms with Crippen molar-refractivity contribution >= 4 is 0 Å². The van der Waals surface area contributed by atoms with Crippen molar-refractivity contribution in [3.63, 3.8) is 0 Å². The summed E-state index contributed by atoms with van der Waals surface area (Å²) in [6, 6.07) is 0. The van der Waals surface area contributed by atoms with Crippen molar-refractivity contribution in [2.75, 3.05) is 19.7 Å². The first-order chi connectivity index (χ1) is 4.93. The molecule has 0 aliphatic carbocycles. The smallest absolute Gasteiger partial charge is 0.0588 e. The maximum atomic E-state index is 5.46. The molecule has 1 unspecified atom stereocenters. The van der Waals surface area contributed by atoms with Crippen molar-refractivity contribution in [3.05, 3.63) is 0 Å². The van der Waals surface area contributed by atoms with E-state index in [-0.39, 0.29) is 0 Å². The van der Waals surface area contributed by atoms with Crippen LogP contribution in [0.3, 0.4) is 0 Å². The zero-order valence-corrected chi connectivity index (χ0v) is 6.73. The van der Waals surface area contributed by atoms with Crippen molar-refractivity contribution < 1.29 is 4.74 Å². The summed E-state index contributed by atoms with van der Waals surface area (Å²) >= 11 is 0. The first-order valence-electron chi connectivity index (χ1n) is 4.26. The maximum absolute atomic E-state index is 5.46. The van der Waals surface area contributed by atoms with Crippen molar-refractivity contribution in [1.29, 1.82) is 0 Å². The van der Waals surface area contributed by atoms with E-state index in [4.69, 9.17) is 4.74 Å². The molecule has 0 spiro atoms. The van der Waals surface area contributed by atoms with Gasteiger partial charge in [-0.2, -0.15) is 0 Å². The standard InChI is InChI=1S/C8H17NO/c1-2-9-6-5-8-4-3-7-10-8/h8-9H,2-7H2,1H3. The molecule has 1 heterocycles. The molecule has 1 fully saturated rings. The predicted molar refractivity (Wildman–Crippen MR) is 42.1 cm³/mol. The summed E-state index contributed by atoms with van der Waals surface area (Å²) in [6.07, 6.45) is 4.27. The van der Waals surface area contributed by atoms with Crippen molar-refractivity contribution in [1.82, 2.24) is 5.32 Å². The SMILES string of the molecule is CCNCCC1CCCO1. The molecule has 10 heavy (non-hydrogen) atoms. The van der Waals surface area contributed by atoms with E-state index in [9.17, 15) is 0 Å². The average molecular weight is 143 g/mol. The van der Waals surface area contributed by atoms with E-state index in [1.54, 1.807) is 0 Å². The second-order valence-electron chi connectivity index (χ2n) is 2.78. The molecule has 1 aliphatic rings. The van der Waals surface area contributed by atoms with E-state index in [0.717, 1.165) is 19.7 Å². The average Bonchev–Trinajstić information content (AvgIpc) is 2.41. The van der Waals surface area contributed by atoms with Crippen LogP contribution in [0, 0.1) is 0 Å². The third-order valence-corrected chi connectivity index (χ3v) is 1.92. The highest BCUT2D eigenvalue weighted by atomic mass is 16.5. The molecule has 1 saturated heterocycles. The topological polar surface area (TPSA) is 21.3 Å². The van der Waals surface area contributed by atoms with E-state index in [2.05, 4.69) is 12.2 Å². The van der Waals surface area contributed by atoms with Crippen LogP contribution in [0.15, 0.2) is 0 Å². The second kappa shape index (κ2) is 4.69. The Morgan fingerprint density at radius 1 is 1.60 bits per heavy atom. The van der Waals surface area contributed by atoms with Crippen molar-refractivity contribution in [2.45, 2.75) is 32.3 Å². The molecule has 0 aromatic heterocycles. The van der Waals surface area contributed by atoms with Crippen LogP contribution in [-0.2, 0) is 4.74 Å². The van der Waals surface area contributed by atoms with Crippen molar-refractivity contribution in [3.8, 4) is 0 Å². The lowest BCUT2D eigenvalue weighted by molar-refractivity contribution is 0.104. The van der Waals surface area contributed by atoms with Gasteiger partial charge < -0.3 is 10.1 Å². The first kappa shape index (κ1) is 8.02. The molecular formula is C8H17NO. The second-order valence-corrected chi connectivity index (χ2v) is 2.78. The minimum absolute atomic E-state index is 0.555. The Balaban J connectivity index is 1.91. The van der Waals surface area contributed by atoms with Gasteiger partial charge in [-0.15, -0.1) is 0 Å². The molecule has 2 heteroatoms. The fourth-order valence-corrected chi connectivity index (χ4v) is 1.31. The van der Waals surface area contributed by atoms with Crippen molar-refractivity contribution in [2.24, 2.45) is 0 Å². The molecule has 0 amide bonds.